The normalized spacial score (nSPS) is 18.3. The van der Waals surface area contributed by atoms with Gasteiger partial charge >= 0.3 is 6.09 Å². The fourth-order valence-corrected chi connectivity index (χ4v) is 2.84. The first kappa shape index (κ1) is 17.8. The monoisotopic (exact) mass is 344 g/mol. The summed E-state index contributed by atoms with van der Waals surface area (Å²) in [6, 6.07) is 7.03. The molecule has 4 nitrogen and oxygen atoms in total. The van der Waals surface area contributed by atoms with Crippen LogP contribution in [0.3, 0.4) is 0 Å². The molecule has 0 aliphatic carbocycles. The summed E-state index contributed by atoms with van der Waals surface area (Å²) < 4.78 is 29.9. The molecule has 0 saturated carbocycles. The maximum Gasteiger partial charge on any atom is 0.410 e. The zero-order chi connectivity index (χ0) is 17.0. The lowest BCUT2D eigenvalue weighted by Crippen LogP contribution is -2.36. The van der Waals surface area contributed by atoms with Crippen molar-refractivity contribution >= 4 is 23.5 Å². The number of nitrogens with one attached hydrogen (secondary N) is 1. The molecule has 0 spiro atoms. The first-order valence-electron chi connectivity index (χ1n) is 7.52. The second-order valence-corrected chi connectivity index (χ2v) is 7.52. The standard InChI is InChI=1S/C16H22F2N2O2S/c1-16(2,3)22-15(21)20-9-8-12(10-20)19-11-4-6-13(7-5-11)23-14(17)18/h4-7,12,14,19H,8-10H2,1-3H3. The van der Waals surface area contributed by atoms with Crippen LogP contribution in [0.2, 0.25) is 0 Å². The van der Waals surface area contributed by atoms with Crippen LogP contribution in [-0.4, -0.2) is 41.5 Å². The molecule has 0 radical (unpaired) electrons. The number of likely N-dealkylation sites (tertiary alicyclic amines) is 1. The van der Waals surface area contributed by atoms with Crippen molar-refractivity contribution in [3.63, 3.8) is 0 Å². The Morgan fingerprint density at radius 2 is 2.00 bits per heavy atom. The van der Waals surface area contributed by atoms with Crippen LogP contribution in [0, 0.1) is 0 Å². The van der Waals surface area contributed by atoms with E-state index in [0.29, 0.717) is 29.7 Å². The van der Waals surface area contributed by atoms with Gasteiger partial charge in [-0.3, -0.25) is 0 Å². The van der Waals surface area contributed by atoms with Crippen LogP contribution in [0.5, 0.6) is 0 Å². The highest BCUT2D eigenvalue weighted by atomic mass is 32.2. The van der Waals surface area contributed by atoms with Crippen molar-refractivity contribution in [2.75, 3.05) is 18.4 Å². The number of rotatable bonds is 4. The van der Waals surface area contributed by atoms with Gasteiger partial charge in [-0.05, 0) is 51.5 Å². The fourth-order valence-electron chi connectivity index (χ4n) is 2.34. The van der Waals surface area contributed by atoms with Crippen LogP contribution in [0.25, 0.3) is 0 Å². The lowest BCUT2D eigenvalue weighted by Gasteiger charge is -2.24. The summed E-state index contributed by atoms with van der Waals surface area (Å²) >= 11 is 0.529. The lowest BCUT2D eigenvalue weighted by molar-refractivity contribution is 0.0293. The quantitative estimate of drug-likeness (QED) is 0.821. The molecule has 1 aromatic rings. The third kappa shape index (κ3) is 5.89. The minimum absolute atomic E-state index is 0.135. The van der Waals surface area contributed by atoms with E-state index in [1.165, 1.54) is 0 Å². The number of carbonyl (C=O) groups excluding carboxylic acids is 1. The Labute approximate surface area is 139 Å². The highest BCUT2D eigenvalue weighted by Gasteiger charge is 2.29. The Morgan fingerprint density at radius 1 is 1.35 bits per heavy atom. The van der Waals surface area contributed by atoms with Gasteiger partial charge in [0, 0.05) is 29.7 Å². The maximum atomic E-state index is 12.3. The fraction of sp³-hybridized carbons (Fsp3) is 0.562. The number of amides is 1. The largest absolute Gasteiger partial charge is 0.444 e. The summed E-state index contributed by atoms with van der Waals surface area (Å²) in [5, 5.41) is 3.32. The Hall–Kier alpha value is -1.50. The van der Waals surface area contributed by atoms with Gasteiger partial charge in [0.15, 0.2) is 0 Å². The van der Waals surface area contributed by atoms with E-state index in [1.54, 1.807) is 29.2 Å². The van der Waals surface area contributed by atoms with E-state index in [-0.39, 0.29) is 12.1 Å². The SMILES string of the molecule is CC(C)(C)OC(=O)N1CCC(Nc2ccc(SC(F)F)cc2)C1. The molecular formula is C16H22F2N2O2S. The number of ether oxygens (including phenoxy) is 1. The molecule has 128 valence electrons. The first-order chi connectivity index (χ1) is 10.7. The number of thioether (sulfide) groups is 1. The zero-order valence-electron chi connectivity index (χ0n) is 13.5. The number of anilines is 1. The van der Waals surface area contributed by atoms with Crippen molar-refractivity contribution in [1.29, 1.82) is 0 Å². The molecule has 0 aromatic heterocycles. The van der Waals surface area contributed by atoms with Crippen molar-refractivity contribution in [2.45, 2.75) is 49.5 Å². The summed E-state index contributed by atoms with van der Waals surface area (Å²) in [4.78, 5) is 14.2. The van der Waals surface area contributed by atoms with Gasteiger partial charge in [0.1, 0.15) is 5.60 Å². The number of halogens is 2. The molecule has 1 saturated heterocycles. The van der Waals surface area contributed by atoms with E-state index in [9.17, 15) is 13.6 Å². The van der Waals surface area contributed by atoms with Gasteiger partial charge < -0.3 is 15.0 Å². The number of nitrogens with zero attached hydrogens (tertiary/aromatic N) is 1. The minimum atomic E-state index is -2.41. The van der Waals surface area contributed by atoms with Gasteiger partial charge in [-0.2, -0.15) is 8.78 Å². The van der Waals surface area contributed by atoms with Crippen LogP contribution in [0.1, 0.15) is 27.2 Å². The summed E-state index contributed by atoms with van der Waals surface area (Å²) in [6.45, 7) is 6.75. The van der Waals surface area contributed by atoms with Gasteiger partial charge in [-0.15, -0.1) is 0 Å². The highest BCUT2D eigenvalue weighted by molar-refractivity contribution is 7.99. The molecule has 0 bridgehead atoms. The van der Waals surface area contributed by atoms with E-state index in [1.807, 2.05) is 20.8 Å². The van der Waals surface area contributed by atoms with E-state index in [0.717, 1.165) is 12.1 Å². The molecule has 1 fully saturated rings. The van der Waals surface area contributed by atoms with Crippen LogP contribution < -0.4 is 5.32 Å². The van der Waals surface area contributed by atoms with Crippen molar-refractivity contribution in [1.82, 2.24) is 4.90 Å². The molecular weight excluding hydrogens is 322 g/mol. The number of hydrogen-bond acceptors (Lipinski definition) is 4. The first-order valence-corrected chi connectivity index (χ1v) is 8.40. The summed E-state index contributed by atoms with van der Waals surface area (Å²) in [7, 11) is 0. The summed E-state index contributed by atoms with van der Waals surface area (Å²) in [5.41, 5.74) is 0.362. The van der Waals surface area contributed by atoms with E-state index in [4.69, 9.17) is 4.74 Å². The molecule has 1 unspecified atom stereocenters. The third-order valence-electron chi connectivity index (χ3n) is 3.29. The van der Waals surface area contributed by atoms with Crippen molar-refractivity contribution in [3.05, 3.63) is 24.3 Å². The highest BCUT2D eigenvalue weighted by Crippen LogP contribution is 2.27. The molecule has 1 aromatic carbocycles. The van der Waals surface area contributed by atoms with Crippen LogP contribution in [0.15, 0.2) is 29.2 Å². The maximum absolute atomic E-state index is 12.3. The molecule has 1 atom stereocenters. The number of alkyl halides is 2. The minimum Gasteiger partial charge on any atom is -0.444 e. The number of carbonyl (C=O) groups is 1. The number of benzene rings is 1. The van der Waals surface area contributed by atoms with E-state index in [2.05, 4.69) is 5.32 Å². The lowest BCUT2D eigenvalue weighted by atomic mass is 10.2. The van der Waals surface area contributed by atoms with Crippen LogP contribution in [-0.2, 0) is 4.74 Å². The Balaban J connectivity index is 1.84. The van der Waals surface area contributed by atoms with Crippen LogP contribution in [0.4, 0.5) is 19.3 Å². The summed E-state index contributed by atoms with van der Waals surface area (Å²) in [5.74, 6) is -2.41. The van der Waals surface area contributed by atoms with Gasteiger partial charge in [-0.25, -0.2) is 4.79 Å². The molecule has 1 amide bonds. The predicted molar refractivity (Wildman–Crippen MR) is 88.1 cm³/mol. The van der Waals surface area contributed by atoms with Gasteiger partial charge in [0.2, 0.25) is 0 Å². The smallest absolute Gasteiger partial charge is 0.410 e. The molecule has 1 heterocycles. The average Bonchev–Trinajstić information content (AvgIpc) is 2.87. The zero-order valence-corrected chi connectivity index (χ0v) is 14.3. The van der Waals surface area contributed by atoms with Gasteiger partial charge in [0.25, 0.3) is 5.76 Å². The molecule has 23 heavy (non-hydrogen) atoms. The topological polar surface area (TPSA) is 41.6 Å². The predicted octanol–water partition coefficient (Wildman–Crippen LogP) is 4.42. The van der Waals surface area contributed by atoms with Gasteiger partial charge in [0.05, 0.1) is 0 Å². The molecule has 1 aliphatic heterocycles. The Morgan fingerprint density at radius 3 is 2.57 bits per heavy atom. The van der Waals surface area contributed by atoms with Crippen molar-refractivity contribution < 1.29 is 18.3 Å². The second kappa shape index (κ2) is 7.38. The van der Waals surface area contributed by atoms with E-state index >= 15 is 0 Å². The second-order valence-electron chi connectivity index (χ2n) is 6.46. The van der Waals surface area contributed by atoms with Crippen LogP contribution >= 0.6 is 11.8 Å². The van der Waals surface area contributed by atoms with E-state index < -0.39 is 11.4 Å². The summed E-state index contributed by atoms with van der Waals surface area (Å²) in [6.07, 6.45) is 0.526. The number of hydrogen-bond donors (Lipinski definition) is 1. The Kier molecular flexibility index (Phi) is 5.73. The van der Waals surface area contributed by atoms with Crippen molar-refractivity contribution in [2.24, 2.45) is 0 Å². The van der Waals surface area contributed by atoms with Crippen molar-refractivity contribution in [3.8, 4) is 0 Å². The Bertz CT molecular complexity index is 532. The molecule has 2 rings (SSSR count). The molecule has 1 aliphatic rings. The molecule has 7 heteroatoms. The van der Waals surface area contributed by atoms with Gasteiger partial charge in [-0.1, -0.05) is 11.8 Å². The average molecular weight is 344 g/mol. The third-order valence-corrected chi connectivity index (χ3v) is 4.01. The molecule has 1 N–H and O–H groups in total.